The minimum Gasteiger partial charge on any atom is -0.485 e. The molecule has 0 bridgehead atoms. The van der Waals surface area contributed by atoms with Gasteiger partial charge in [0, 0.05) is 7.05 Å². The van der Waals surface area contributed by atoms with Crippen LogP contribution in [0.2, 0.25) is 0 Å². The first-order valence-electron chi connectivity index (χ1n) is 5.82. The third-order valence-corrected chi connectivity index (χ3v) is 2.30. The van der Waals surface area contributed by atoms with Crippen LogP contribution in [0.5, 0.6) is 11.5 Å². The molecule has 1 aromatic rings. The SMILES string of the molecule is CC.CNC(=O)C1COc2ccc(C)cc2O1. The smallest absolute Gasteiger partial charge is 0.264 e. The monoisotopic (exact) mass is 237 g/mol. The Kier molecular flexibility index (Phi) is 4.82. The van der Waals surface area contributed by atoms with Crippen molar-refractivity contribution in [3.05, 3.63) is 23.8 Å². The Hall–Kier alpha value is -1.71. The van der Waals surface area contributed by atoms with Gasteiger partial charge in [0.1, 0.15) is 6.61 Å². The highest BCUT2D eigenvalue weighted by atomic mass is 16.6. The molecule has 0 aliphatic carbocycles. The molecule has 4 nitrogen and oxygen atoms in total. The molecule has 1 unspecified atom stereocenters. The van der Waals surface area contributed by atoms with Crippen molar-refractivity contribution < 1.29 is 14.3 Å². The molecule has 1 aromatic carbocycles. The molecule has 0 saturated heterocycles. The van der Waals surface area contributed by atoms with Gasteiger partial charge >= 0.3 is 0 Å². The fourth-order valence-corrected chi connectivity index (χ4v) is 1.47. The Morgan fingerprint density at radius 2 is 2.06 bits per heavy atom. The van der Waals surface area contributed by atoms with Gasteiger partial charge in [-0.2, -0.15) is 0 Å². The van der Waals surface area contributed by atoms with E-state index in [-0.39, 0.29) is 12.5 Å². The third kappa shape index (κ3) is 3.12. The Morgan fingerprint density at radius 1 is 1.35 bits per heavy atom. The molecule has 0 saturated carbocycles. The number of ether oxygens (including phenoxy) is 2. The third-order valence-electron chi connectivity index (χ3n) is 2.30. The van der Waals surface area contributed by atoms with Gasteiger partial charge < -0.3 is 14.8 Å². The van der Waals surface area contributed by atoms with Crippen molar-refractivity contribution in [2.45, 2.75) is 26.9 Å². The van der Waals surface area contributed by atoms with Gasteiger partial charge in [-0.3, -0.25) is 4.79 Å². The lowest BCUT2D eigenvalue weighted by Crippen LogP contribution is -2.42. The van der Waals surface area contributed by atoms with Crippen LogP contribution in [-0.4, -0.2) is 25.7 Å². The van der Waals surface area contributed by atoms with E-state index in [2.05, 4.69) is 5.32 Å². The maximum atomic E-state index is 11.3. The fraction of sp³-hybridized carbons (Fsp3) is 0.462. The number of rotatable bonds is 1. The molecule has 1 amide bonds. The zero-order chi connectivity index (χ0) is 12.8. The average Bonchev–Trinajstić information content (AvgIpc) is 2.39. The van der Waals surface area contributed by atoms with E-state index < -0.39 is 6.10 Å². The Balaban J connectivity index is 0.000000686. The molecule has 1 aliphatic heterocycles. The summed E-state index contributed by atoms with van der Waals surface area (Å²) < 4.78 is 11.0. The van der Waals surface area contributed by atoms with Gasteiger partial charge in [0.2, 0.25) is 6.10 Å². The summed E-state index contributed by atoms with van der Waals surface area (Å²) in [6.07, 6.45) is -0.552. The van der Waals surface area contributed by atoms with Gasteiger partial charge in [0.15, 0.2) is 11.5 Å². The van der Waals surface area contributed by atoms with Crippen LogP contribution in [0.15, 0.2) is 18.2 Å². The van der Waals surface area contributed by atoms with Gasteiger partial charge in [0.25, 0.3) is 5.91 Å². The summed E-state index contributed by atoms with van der Waals surface area (Å²) in [5, 5.41) is 2.54. The highest BCUT2D eigenvalue weighted by molar-refractivity contribution is 5.81. The van der Waals surface area contributed by atoms with E-state index in [4.69, 9.17) is 9.47 Å². The Bertz CT molecular complexity index is 390. The van der Waals surface area contributed by atoms with Gasteiger partial charge in [0.05, 0.1) is 0 Å². The van der Waals surface area contributed by atoms with E-state index in [1.54, 1.807) is 7.05 Å². The van der Waals surface area contributed by atoms with E-state index in [0.29, 0.717) is 11.5 Å². The molecular formula is C13H19NO3. The van der Waals surface area contributed by atoms with Crippen LogP contribution in [0.4, 0.5) is 0 Å². The number of fused-ring (bicyclic) bond motifs is 1. The lowest BCUT2D eigenvalue weighted by Gasteiger charge is -2.25. The van der Waals surface area contributed by atoms with Crippen molar-refractivity contribution in [3.8, 4) is 11.5 Å². The predicted octanol–water partition coefficient (Wildman–Crippen LogP) is 1.91. The van der Waals surface area contributed by atoms with Gasteiger partial charge in [-0.05, 0) is 24.6 Å². The molecule has 0 spiro atoms. The van der Waals surface area contributed by atoms with Crippen molar-refractivity contribution in [1.82, 2.24) is 5.32 Å². The standard InChI is InChI=1S/C11H13NO3.C2H6/c1-7-3-4-8-9(5-7)15-10(6-14-8)11(13)12-2;1-2/h3-5,10H,6H2,1-2H3,(H,12,13);1-2H3. The zero-order valence-corrected chi connectivity index (χ0v) is 10.7. The number of carbonyl (C=O) groups excluding carboxylic acids is 1. The van der Waals surface area contributed by atoms with E-state index in [1.807, 2.05) is 39.0 Å². The number of aryl methyl sites for hydroxylation is 1. The maximum Gasteiger partial charge on any atom is 0.264 e. The van der Waals surface area contributed by atoms with Crippen LogP contribution >= 0.6 is 0 Å². The zero-order valence-electron chi connectivity index (χ0n) is 10.7. The summed E-state index contributed by atoms with van der Waals surface area (Å²) in [6.45, 7) is 6.23. The van der Waals surface area contributed by atoms with E-state index in [0.717, 1.165) is 5.56 Å². The highest BCUT2D eigenvalue weighted by Gasteiger charge is 2.26. The molecule has 94 valence electrons. The Morgan fingerprint density at radius 3 is 2.71 bits per heavy atom. The van der Waals surface area contributed by atoms with Crippen molar-refractivity contribution in [2.24, 2.45) is 0 Å². The lowest BCUT2D eigenvalue weighted by atomic mass is 10.2. The quantitative estimate of drug-likeness (QED) is 0.811. The molecule has 1 N–H and O–H groups in total. The van der Waals surface area contributed by atoms with E-state index in [1.165, 1.54) is 0 Å². The first-order chi connectivity index (χ1) is 8.20. The number of likely N-dealkylation sites (N-methyl/N-ethyl adjacent to an activating group) is 1. The van der Waals surface area contributed by atoms with Crippen LogP contribution in [0.1, 0.15) is 19.4 Å². The topological polar surface area (TPSA) is 47.6 Å². The summed E-state index contributed by atoms with van der Waals surface area (Å²) in [6, 6.07) is 5.66. The van der Waals surface area contributed by atoms with Crippen LogP contribution in [0.3, 0.4) is 0 Å². The number of hydrogen-bond donors (Lipinski definition) is 1. The van der Waals surface area contributed by atoms with Crippen LogP contribution < -0.4 is 14.8 Å². The highest BCUT2D eigenvalue weighted by Crippen LogP contribution is 2.32. The van der Waals surface area contributed by atoms with Gasteiger partial charge in [-0.25, -0.2) is 0 Å². The molecule has 0 aromatic heterocycles. The number of hydrogen-bond acceptors (Lipinski definition) is 3. The average molecular weight is 237 g/mol. The van der Waals surface area contributed by atoms with Crippen molar-refractivity contribution in [2.75, 3.05) is 13.7 Å². The molecular weight excluding hydrogens is 218 g/mol. The lowest BCUT2D eigenvalue weighted by molar-refractivity contribution is -0.129. The molecule has 0 radical (unpaired) electrons. The minimum absolute atomic E-state index is 0.165. The molecule has 1 heterocycles. The largest absolute Gasteiger partial charge is 0.485 e. The van der Waals surface area contributed by atoms with Crippen LogP contribution in [0, 0.1) is 6.92 Å². The van der Waals surface area contributed by atoms with Crippen LogP contribution in [-0.2, 0) is 4.79 Å². The number of benzene rings is 1. The van der Waals surface area contributed by atoms with Gasteiger partial charge in [-0.15, -0.1) is 0 Å². The minimum atomic E-state index is -0.552. The summed E-state index contributed by atoms with van der Waals surface area (Å²) >= 11 is 0. The van der Waals surface area contributed by atoms with Crippen molar-refractivity contribution in [1.29, 1.82) is 0 Å². The second kappa shape index (κ2) is 6.13. The van der Waals surface area contributed by atoms with Crippen molar-refractivity contribution >= 4 is 5.91 Å². The predicted molar refractivity (Wildman–Crippen MR) is 66.5 cm³/mol. The summed E-state index contributed by atoms with van der Waals surface area (Å²) in [7, 11) is 1.58. The fourth-order valence-electron chi connectivity index (χ4n) is 1.47. The van der Waals surface area contributed by atoms with Crippen LogP contribution in [0.25, 0.3) is 0 Å². The van der Waals surface area contributed by atoms with E-state index >= 15 is 0 Å². The molecule has 2 rings (SSSR count). The first kappa shape index (κ1) is 13.4. The number of amides is 1. The maximum absolute atomic E-state index is 11.3. The molecule has 4 heteroatoms. The summed E-state index contributed by atoms with van der Waals surface area (Å²) in [4.78, 5) is 11.3. The van der Waals surface area contributed by atoms with E-state index in [9.17, 15) is 4.79 Å². The normalized spacial score (nSPS) is 16.6. The summed E-state index contributed by atoms with van der Waals surface area (Å²) in [5.41, 5.74) is 1.08. The Labute approximate surface area is 102 Å². The van der Waals surface area contributed by atoms with Crippen molar-refractivity contribution in [3.63, 3.8) is 0 Å². The number of carbonyl (C=O) groups is 1. The molecule has 1 aliphatic rings. The summed E-state index contributed by atoms with van der Waals surface area (Å²) in [5.74, 6) is 1.16. The number of nitrogens with one attached hydrogen (secondary N) is 1. The second-order valence-electron chi connectivity index (χ2n) is 3.48. The van der Waals surface area contributed by atoms with Gasteiger partial charge in [-0.1, -0.05) is 19.9 Å². The first-order valence-corrected chi connectivity index (χ1v) is 5.82. The molecule has 17 heavy (non-hydrogen) atoms. The molecule has 1 atom stereocenters. The molecule has 0 fully saturated rings. The second-order valence-corrected chi connectivity index (χ2v) is 3.48.